The second-order valence-corrected chi connectivity index (χ2v) is 6.97. The summed E-state index contributed by atoms with van der Waals surface area (Å²) in [6, 6.07) is 14.5. The van der Waals surface area contributed by atoms with Gasteiger partial charge in [-0.2, -0.15) is 0 Å². The number of hydrogen-bond donors (Lipinski definition) is 1. The quantitative estimate of drug-likeness (QED) is 0.367. The molecule has 0 aliphatic heterocycles. The number of halogens is 1. The van der Waals surface area contributed by atoms with E-state index in [0.717, 1.165) is 4.70 Å². The number of nitrogens with one attached hydrogen (secondary N) is 1. The predicted molar refractivity (Wildman–Crippen MR) is 103 cm³/mol. The number of non-ortho nitro benzene ring substituents is 1. The molecule has 0 saturated carbocycles. The Balaban J connectivity index is 1.57. The van der Waals surface area contributed by atoms with Crippen molar-refractivity contribution in [1.29, 1.82) is 0 Å². The fourth-order valence-corrected chi connectivity index (χ4v) is 3.68. The highest BCUT2D eigenvalue weighted by Gasteiger charge is 2.16. The van der Waals surface area contributed by atoms with E-state index < -0.39 is 10.8 Å². The van der Waals surface area contributed by atoms with Gasteiger partial charge in [-0.15, -0.1) is 0 Å². The third kappa shape index (κ3) is 3.40. The molecular weight excluding hydrogens is 390 g/mol. The normalized spacial score (nSPS) is 10.9. The smallest absolute Gasteiger partial charge is 0.293 e. The molecular formula is C18H10ClN3O4S. The van der Waals surface area contributed by atoms with Crippen LogP contribution in [0.2, 0.25) is 5.02 Å². The van der Waals surface area contributed by atoms with Gasteiger partial charge >= 0.3 is 0 Å². The number of fused-ring (bicyclic) bond motifs is 1. The maximum atomic E-state index is 12.4. The zero-order chi connectivity index (χ0) is 19.0. The lowest BCUT2D eigenvalue weighted by molar-refractivity contribution is -0.384. The highest BCUT2D eigenvalue weighted by atomic mass is 35.5. The summed E-state index contributed by atoms with van der Waals surface area (Å²) < 4.78 is 6.41. The van der Waals surface area contributed by atoms with Crippen molar-refractivity contribution >= 4 is 49.9 Å². The molecule has 0 saturated heterocycles. The number of hydrogen-bond acceptors (Lipinski definition) is 6. The largest absolute Gasteiger partial charge is 0.451 e. The molecule has 7 nitrogen and oxygen atoms in total. The van der Waals surface area contributed by atoms with Crippen molar-refractivity contribution in [3.63, 3.8) is 0 Å². The number of thiazole rings is 1. The summed E-state index contributed by atoms with van der Waals surface area (Å²) in [6.07, 6.45) is 0. The van der Waals surface area contributed by atoms with Gasteiger partial charge in [0.1, 0.15) is 11.3 Å². The topological polar surface area (TPSA) is 98.3 Å². The number of aromatic nitrogens is 1. The lowest BCUT2D eigenvalue weighted by Crippen LogP contribution is -2.10. The van der Waals surface area contributed by atoms with Crippen LogP contribution in [0.3, 0.4) is 0 Å². The van der Waals surface area contributed by atoms with Crippen molar-refractivity contribution in [2.75, 3.05) is 5.32 Å². The zero-order valence-corrected chi connectivity index (χ0v) is 15.1. The Morgan fingerprint density at radius 3 is 2.78 bits per heavy atom. The van der Waals surface area contributed by atoms with Gasteiger partial charge in [-0.05, 0) is 24.3 Å². The van der Waals surface area contributed by atoms with Gasteiger partial charge in [0.15, 0.2) is 10.9 Å². The van der Waals surface area contributed by atoms with Gasteiger partial charge in [0.05, 0.1) is 14.6 Å². The lowest BCUT2D eigenvalue weighted by Gasteiger charge is -1.99. The molecule has 27 heavy (non-hydrogen) atoms. The number of benzene rings is 2. The van der Waals surface area contributed by atoms with Gasteiger partial charge in [0, 0.05) is 17.7 Å². The molecule has 4 aromatic rings. The van der Waals surface area contributed by atoms with Gasteiger partial charge in [-0.25, -0.2) is 4.98 Å². The van der Waals surface area contributed by atoms with Gasteiger partial charge in [0.2, 0.25) is 0 Å². The van der Waals surface area contributed by atoms with Crippen LogP contribution in [-0.4, -0.2) is 15.8 Å². The zero-order valence-electron chi connectivity index (χ0n) is 13.5. The second kappa shape index (κ2) is 6.82. The number of nitro groups is 1. The maximum Gasteiger partial charge on any atom is 0.293 e. The number of nitrogens with zero attached hydrogens (tertiary/aromatic N) is 2. The predicted octanol–water partition coefficient (Wildman–Crippen LogP) is 5.37. The van der Waals surface area contributed by atoms with Crippen LogP contribution in [0, 0.1) is 10.1 Å². The number of amides is 1. The number of carbonyl (C=O) groups is 1. The van der Waals surface area contributed by atoms with Crippen LogP contribution in [0.5, 0.6) is 0 Å². The van der Waals surface area contributed by atoms with Crippen molar-refractivity contribution in [3.8, 4) is 11.3 Å². The van der Waals surface area contributed by atoms with Crippen molar-refractivity contribution in [2.45, 2.75) is 0 Å². The lowest BCUT2D eigenvalue weighted by atomic mass is 10.1. The van der Waals surface area contributed by atoms with E-state index in [2.05, 4.69) is 10.3 Å². The molecule has 2 aromatic heterocycles. The number of nitro benzene ring substituents is 1. The molecule has 134 valence electrons. The SMILES string of the molecule is O=C(Nc1nc2c(Cl)cccc2s1)c1ccc(-c2cccc([N+](=O)[O-])c2)o1. The standard InChI is InChI=1S/C18H10ClN3O4S/c19-12-5-2-6-15-16(12)20-18(27-15)21-17(23)14-8-7-13(26-14)10-3-1-4-11(9-10)22(24)25/h1-9H,(H,20,21,23). The van der Waals surface area contributed by atoms with E-state index in [4.69, 9.17) is 16.0 Å². The van der Waals surface area contributed by atoms with Crippen molar-refractivity contribution < 1.29 is 14.1 Å². The average molecular weight is 400 g/mol. The average Bonchev–Trinajstić information content (AvgIpc) is 3.29. The van der Waals surface area contributed by atoms with Crippen molar-refractivity contribution in [2.24, 2.45) is 0 Å². The molecule has 2 aromatic carbocycles. The summed E-state index contributed by atoms with van der Waals surface area (Å²) in [5.41, 5.74) is 1.08. The van der Waals surface area contributed by atoms with E-state index in [-0.39, 0.29) is 11.4 Å². The van der Waals surface area contributed by atoms with Crippen LogP contribution < -0.4 is 5.32 Å². The van der Waals surface area contributed by atoms with Crippen LogP contribution in [-0.2, 0) is 0 Å². The van der Waals surface area contributed by atoms with Crippen LogP contribution in [0.4, 0.5) is 10.8 Å². The highest BCUT2D eigenvalue weighted by molar-refractivity contribution is 7.22. The van der Waals surface area contributed by atoms with Crippen LogP contribution in [0.1, 0.15) is 10.6 Å². The second-order valence-electron chi connectivity index (χ2n) is 5.53. The first-order valence-electron chi connectivity index (χ1n) is 7.72. The van der Waals surface area contributed by atoms with E-state index in [1.165, 1.54) is 29.5 Å². The fourth-order valence-electron chi connectivity index (χ4n) is 2.51. The summed E-state index contributed by atoms with van der Waals surface area (Å²) >= 11 is 7.39. The Kier molecular flexibility index (Phi) is 4.35. The van der Waals surface area contributed by atoms with Gasteiger partial charge in [-0.3, -0.25) is 20.2 Å². The van der Waals surface area contributed by atoms with E-state index in [9.17, 15) is 14.9 Å². The summed E-state index contributed by atoms with van der Waals surface area (Å²) in [4.78, 5) is 27.1. The first kappa shape index (κ1) is 17.2. The summed E-state index contributed by atoms with van der Waals surface area (Å²) in [7, 11) is 0. The van der Waals surface area contributed by atoms with E-state index >= 15 is 0 Å². The molecule has 0 unspecified atom stereocenters. The molecule has 0 spiro atoms. The Morgan fingerprint density at radius 2 is 2.00 bits per heavy atom. The molecule has 4 rings (SSSR count). The highest BCUT2D eigenvalue weighted by Crippen LogP contribution is 2.31. The third-order valence-corrected chi connectivity index (χ3v) is 5.00. The van der Waals surface area contributed by atoms with Gasteiger partial charge in [-0.1, -0.05) is 41.1 Å². The number of para-hydroxylation sites is 1. The number of furan rings is 1. The molecule has 9 heteroatoms. The Bertz CT molecular complexity index is 1180. The molecule has 0 bridgehead atoms. The van der Waals surface area contributed by atoms with Gasteiger partial charge < -0.3 is 4.42 Å². The third-order valence-electron chi connectivity index (χ3n) is 3.76. The Morgan fingerprint density at radius 1 is 1.19 bits per heavy atom. The number of carbonyl (C=O) groups excluding carboxylic acids is 1. The molecule has 0 atom stereocenters. The monoisotopic (exact) mass is 399 g/mol. The molecule has 0 fully saturated rings. The summed E-state index contributed by atoms with van der Waals surface area (Å²) in [5, 5.41) is 14.5. The molecule has 0 aliphatic rings. The molecule has 1 amide bonds. The molecule has 2 heterocycles. The van der Waals surface area contributed by atoms with E-state index in [0.29, 0.717) is 27.0 Å². The van der Waals surface area contributed by atoms with Gasteiger partial charge in [0.25, 0.3) is 11.6 Å². The number of anilines is 1. The number of rotatable bonds is 4. The fraction of sp³-hybridized carbons (Fsp3) is 0. The molecule has 0 aliphatic carbocycles. The van der Waals surface area contributed by atoms with E-state index in [1.807, 2.05) is 12.1 Å². The molecule has 1 N–H and O–H groups in total. The summed E-state index contributed by atoms with van der Waals surface area (Å²) in [5.74, 6) is -0.0417. The minimum atomic E-state index is -0.488. The molecule has 0 radical (unpaired) electrons. The Labute approximate surface area is 161 Å². The Hall–Kier alpha value is -3.23. The first-order chi connectivity index (χ1) is 13.0. The van der Waals surface area contributed by atoms with Crippen LogP contribution in [0.15, 0.2) is 59.0 Å². The maximum absolute atomic E-state index is 12.4. The van der Waals surface area contributed by atoms with Crippen molar-refractivity contribution in [3.05, 3.63) is 75.5 Å². The van der Waals surface area contributed by atoms with Crippen LogP contribution >= 0.6 is 22.9 Å². The first-order valence-corrected chi connectivity index (χ1v) is 8.92. The van der Waals surface area contributed by atoms with Crippen molar-refractivity contribution in [1.82, 2.24) is 4.98 Å². The summed E-state index contributed by atoms with van der Waals surface area (Å²) in [6.45, 7) is 0. The van der Waals surface area contributed by atoms with E-state index in [1.54, 1.807) is 24.3 Å². The minimum absolute atomic E-state index is 0.0544. The minimum Gasteiger partial charge on any atom is -0.451 e. The van der Waals surface area contributed by atoms with Crippen LogP contribution in [0.25, 0.3) is 21.5 Å².